The van der Waals surface area contributed by atoms with Crippen LogP contribution in [0.3, 0.4) is 0 Å². The summed E-state index contributed by atoms with van der Waals surface area (Å²) in [5.41, 5.74) is 4.21. The van der Waals surface area contributed by atoms with Gasteiger partial charge in [0.05, 0.1) is 17.8 Å². The Balaban J connectivity index is 1.21. The van der Waals surface area contributed by atoms with E-state index in [0.717, 1.165) is 51.4 Å². The number of benzene rings is 2. The van der Waals surface area contributed by atoms with Crippen LogP contribution in [0.2, 0.25) is 0 Å². The molecule has 11 heteroatoms. The van der Waals surface area contributed by atoms with Crippen molar-refractivity contribution in [1.82, 2.24) is 35.5 Å². The lowest BCUT2D eigenvalue weighted by Crippen LogP contribution is -2.32. The van der Waals surface area contributed by atoms with Crippen LogP contribution < -0.4 is 5.32 Å². The molecule has 0 atom stereocenters. The lowest BCUT2D eigenvalue weighted by atomic mass is 9.97. The van der Waals surface area contributed by atoms with Gasteiger partial charge in [-0.1, -0.05) is 36.4 Å². The number of aliphatic imine (C=N–C) groups is 1. The highest BCUT2D eigenvalue weighted by Gasteiger charge is 2.24. The summed E-state index contributed by atoms with van der Waals surface area (Å²) in [5, 5.41) is 17.8. The van der Waals surface area contributed by atoms with E-state index in [1.54, 1.807) is 16.0 Å². The summed E-state index contributed by atoms with van der Waals surface area (Å²) < 4.78 is 1.71. The van der Waals surface area contributed by atoms with Gasteiger partial charge in [-0.05, 0) is 77.2 Å². The minimum Gasteiger partial charge on any atom is -0.314 e. The topological polar surface area (TPSA) is 111 Å². The zero-order valence-corrected chi connectivity index (χ0v) is 21.9. The molecule has 0 fully saturated rings. The van der Waals surface area contributed by atoms with E-state index >= 15 is 0 Å². The van der Waals surface area contributed by atoms with E-state index < -0.39 is 0 Å². The monoisotopic (exact) mass is 538 g/mol. The van der Waals surface area contributed by atoms with Gasteiger partial charge >= 0.3 is 0 Å². The maximum atomic E-state index is 13.0. The van der Waals surface area contributed by atoms with E-state index in [1.165, 1.54) is 28.6 Å². The van der Waals surface area contributed by atoms with Gasteiger partial charge < -0.3 is 5.32 Å². The van der Waals surface area contributed by atoms with Crippen LogP contribution in [0.1, 0.15) is 34.7 Å². The number of carbonyl (C=O) groups excluding carboxylic acids is 1. The van der Waals surface area contributed by atoms with E-state index in [2.05, 4.69) is 25.8 Å². The lowest BCUT2D eigenvalue weighted by Gasteiger charge is -2.12. The van der Waals surface area contributed by atoms with Crippen LogP contribution in [-0.2, 0) is 30.5 Å². The van der Waals surface area contributed by atoms with Gasteiger partial charge in [0, 0.05) is 16.7 Å². The third-order valence-corrected chi connectivity index (χ3v) is 8.78. The molecule has 0 unspecified atom stereocenters. The molecule has 2 aromatic carbocycles. The maximum Gasteiger partial charge on any atom is 0.232 e. The minimum absolute atomic E-state index is 0.0606. The molecule has 0 saturated heterocycles. The fraction of sp³-hybridized carbons (Fsp3) is 0.222. The number of rotatable bonds is 5. The first-order valence-corrected chi connectivity index (χ1v) is 14.1. The minimum atomic E-state index is -0.178. The molecular formula is C27H22N8OS2. The Morgan fingerprint density at radius 2 is 1.87 bits per heavy atom. The van der Waals surface area contributed by atoms with Gasteiger partial charge in [0.25, 0.3) is 0 Å². The van der Waals surface area contributed by atoms with Gasteiger partial charge in [-0.2, -0.15) is 4.68 Å². The van der Waals surface area contributed by atoms with Gasteiger partial charge in [0.2, 0.25) is 11.1 Å². The number of aromatic nitrogens is 6. The Labute approximate surface area is 226 Å². The van der Waals surface area contributed by atoms with Crippen molar-refractivity contribution in [3.05, 3.63) is 76.4 Å². The fourth-order valence-corrected chi connectivity index (χ4v) is 7.23. The summed E-state index contributed by atoms with van der Waals surface area (Å²) in [6, 6.07) is 17.7. The van der Waals surface area contributed by atoms with Gasteiger partial charge in [0.1, 0.15) is 21.5 Å². The summed E-state index contributed by atoms with van der Waals surface area (Å²) in [6.07, 6.45) is 5.07. The largest absolute Gasteiger partial charge is 0.314 e. The number of para-hydroxylation sites is 2. The maximum absolute atomic E-state index is 13.0. The van der Waals surface area contributed by atoms with E-state index in [4.69, 9.17) is 9.97 Å². The Morgan fingerprint density at radius 3 is 2.76 bits per heavy atom. The summed E-state index contributed by atoms with van der Waals surface area (Å²) >= 11 is 3.13. The summed E-state index contributed by atoms with van der Waals surface area (Å²) in [6.45, 7) is 0. The molecule has 1 aliphatic heterocycles. The number of hydrogen-bond acceptors (Lipinski definition) is 9. The van der Waals surface area contributed by atoms with Gasteiger partial charge in [-0.3, -0.25) is 4.79 Å². The molecule has 7 rings (SSSR count). The number of carbonyl (C=O) groups is 1. The van der Waals surface area contributed by atoms with Crippen LogP contribution >= 0.6 is 23.1 Å². The summed E-state index contributed by atoms with van der Waals surface area (Å²) in [7, 11) is 0. The second kappa shape index (κ2) is 9.73. The van der Waals surface area contributed by atoms with Crippen LogP contribution in [-0.4, -0.2) is 41.9 Å². The lowest BCUT2D eigenvalue weighted by molar-refractivity contribution is -0.119. The number of amidine groups is 1. The van der Waals surface area contributed by atoms with Crippen LogP contribution in [0.15, 0.2) is 69.8 Å². The van der Waals surface area contributed by atoms with Crippen molar-refractivity contribution in [3.8, 4) is 5.69 Å². The fourth-order valence-electron chi connectivity index (χ4n) is 4.93. The second-order valence-electron chi connectivity index (χ2n) is 9.24. The number of hydrogen-bond donors (Lipinski definition) is 1. The van der Waals surface area contributed by atoms with Crippen molar-refractivity contribution < 1.29 is 4.79 Å². The van der Waals surface area contributed by atoms with Crippen LogP contribution in [0.4, 0.5) is 5.69 Å². The van der Waals surface area contributed by atoms with Crippen molar-refractivity contribution in [2.24, 2.45) is 4.99 Å². The molecule has 4 heterocycles. The van der Waals surface area contributed by atoms with E-state index in [1.807, 2.05) is 54.6 Å². The molecule has 9 nitrogen and oxygen atoms in total. The summed E-state index contributed by atoms with van der Waals surface area (Å²) in [5.74, 6) is 0.953. The molecule has 1 aliphatic carbocycles. The third kappa shape index (κ3) is 4.37. The molecule has 0 spiro atoms. The van der Waals surface area contributed by atoms with Gasteiger partial charge in [-0.15, -0.1) is 16.4 Å². The standard InChI is InChI=1S/C27H22N8OS2/c36-23(29-21-14-16-8-4-6-12-19(16)28-21)15-22-30-25-24(18-11-5-7-13-20(18)37-25)26(31-22)38-27-32-33-34-35(27)17-9-2-1-3-10-17/h1-4,6,8-10,12H,5,7,11,13-15H2,(H,28,29,36). The van der Waals surface area contributed by atoms with Crippen molar-refractivity contribution in [2.45, 2.75) is 48.7 Å². The third-order valence-electron chi connectivity index (χ3n) is 6.66. The molecular weight excluding hydrogens is 516 g/mol. The second-order valence-corrected chi connectivity index (χ2v) is 11.3. The first kappa shape index (κ1) is 23.2. The quantitative estimate of drug-likeness (QED) is 0.325. The number of tetrazole rings is 1. The number of nitrogens with one attached hydrogen (secondary N) is 1. The molecule has 1 N–H and O–H groups in total. The molecule has 0 saturated carbocycles. The highest BCUT2D eigenvalue weighted by molar-refractivity contribution is 7.99. The predicted molar refractivity (Wildman–Crippen MR) is 146 cm³/mol. The highest BCUT2D eigenvalue weighted by Crippen LogP contribution is 2.41. The number of amides is 1. The SMILES string of the molecule is O=C(Cc1nc(Sc2nnnn2-c2ccccc2)c2c3c(sc2n1)CCCC3)NC1=Nc2ccccc2C1. The van der Waals surface area contributed by atoms with E-state index in [-0.39, 0.29) is 12.3 Å². The highest BCUT2D eigenvalue weighted by atomic mass is 32.2. The Kier molecular flexibility index (Phi) is 5.94. The molecule has 2 aliphatic rings. The molecule has 0 radical (unpaired) electrons. The Bertz CT molecular complexity index is 1710. The first-order chi connectivity index (χ1) is 18.7. The number of fused-ring (bicyclic) bond motifs is 4. The molecule has 38 heavy (non-hydrogen) atoms. The van der Waals surface area contributed by atoms with Gasteiger partial charge in [-0.25, -0.2) is 15.0 Å². The summed E-state index contributed by atoms with van der Waals surface area (Å²) in [4.78, 5) is 29.6. The molecule has 3 aromatic heterocycles. The van der Waals surface area contributed by atoms with Crippen LogP contribution in [0.5, 0.6) is 0 Å². The average Bonchev–Trinajstić information content (AvgIpc) is 3.65. The first-order valence-electron chi connectivity index (χ1n) is 12.5. The van der Waals surface area contributed by atoms with Crippen molar-refractivity contribution in [2.75, 3.05) is 0 Å². The zero-order chi connectivity index (χ0) is 25.5. The van der Waals surface area contributed by atoms with Crippen molar-refractivity contribution >= 4 is 50.7 Å². The molecule has 0 bridgehead atoms. The predicted octanol–water partition coefficient (Wildman–Crippen LogP) is 4.64. The number of aryl methyl sites for hydroxylation is 2. The average molecular weight is 539 g/mol. The van der Waals surface area contributed by atoms with Crippen LogP contribution in [0, 0.1) is 0 Å². The van der Waals surface area contributed by atoms with Gasteiger partial charge in [0.15, 0.2) is 0 Å². The molecule has 1 amide bonds. The Morgan fingerprint density at radius 1 is 1.03 bits per heavy atom. The number of nitrogens with zero attached hydrogens (tertiary/aromatic N) is 7. The van der Waals surface area contributed by atoms with Crippen LogP contribution in [0.25, 0.3) is 15.9 Å². The van der Waals surface area contributed by atoms with Crippen molar-refractivity contribution in [1.29, 1.82) is 0 Å². The Hall–Kier alpha value is -3.96. The van der Waals surface area contributed by atoms with E-state index in [9.17, 15) is 4.79 Å². The van der Waals surface area contributed by atoms with Crippen molar-refractivity contribution in [3.63, 3.8) is 0 Å². The smallest absolute Gasteiger partial charge is 0.232 e. The molecule has 188 valence electrons. The normalized spacial score (nSPS) is 14.3. The molecule has 5 aromatic rings. The van der Waals surface area contributed by atoms with E-state index in [0.29, 0.717) is 23.2 Å². The number of thiophene rings is 1. The zero-order valence-electron chi connectivity index (χ0n) is 20.3.